The van der Waals surface area contributed by atoms with E-state index in [0.29, 0.717) is 12.6 Å². The molecule has 1 aromatic carbocycles. The van der Waals surface area contributed by atoms with E-state index in [-0.39, 0.29) is 18.4 Å². The van der Waals surface area contributed by atoms with E-state index in [9.17, 15) is 9.59 Å². The van der Waals surface area contributed by atoms with E-state index >= 15 is 0 Å². The summed E-state index contributed by atoms with van der Waals surface area (Å²) >= 11 is 0. The van der Waals surface area contributed by atoms with Crippen LogP contribution in [0.4, 0.5) is 5.69 Å². The molecule has 0 radical (unpaired) electrons. The minimum absolute atomic E-state index is 0.0112. The lowest BCUT2D eigenvalue weighted by Gasteiger charge is -2.40. The molecule has 5 nitrogen and oxygen atoms in total. The van der Waals surface area contributed by atoms with E-state index < -0.39 is 0 Å². The molecular weight excluding hydrogens is 326 g/mol. The van der Waals surface area contributed by atoms with Crippen LogP contribution in [0.25, 0.3) is 0 Å². The van der Waals surface area contributed by atoms with Crippen molar-refractivity contribution in [2.24, 2.45) is 5.92 Å². The zero-order valence-electron chi connectivity index (χ0n) is 16.1. The van der Waals surface area contributed by atoms with E-state index in [2.05, 4.69) is 10.6 Å². The standard InChI is InChI=1S/C21H31N3O2/c1-15-7-5-8-16(2)21(15)23-19(25)13-22-20(26)14-24-12-6-10-17-9-3-4-11-18(17)24/h5,7-8,17-18H,3-4,6,9-14H2,1-2H3,(H,22,26)(H,23,25)/p+1/t17-,18+/m1/s1. The number of likely N-dealkylation sites (tertiary alicyclic amines) is 1. The number of fused-ring (bicyclic) bond motifs is 1. The molecule has 26 heavy (non-hydrogen) atoms. The third-order valence-corrected chi connectivity index (χ3v) is 6.09. The van der Waals surface area contributed by atoms with Crippen LogP contribution in [0.3, 0.4) is 0 Å². The zero-order valence-corrected chi connectivity index (χ0v) is 16.1. The first kappa shape index (κ1) is 18.9. The topological polar surface area (TPSA) is 62.6 Å². The average molecular weight is 359 g/mol. The summed E-state index contributed by atoms with van der Waals surface area (Å²) < 4.78 is 0. The summed E-state index contributed by atoms with van der Waals surface area (Å²) in [6.45, 7) is 5.57. The first-order valence-corrected chi connectivity index (χ1v) is 10.0. The summed E-state index contributed by atoms with van der Waals surface area (Å²) in [5.41, 5.74) is 2.91. The second-order valence-corrected chi connectivity index (χ2v) is 7.97. The van der Waals surface area contributed by atoms with Gasteiger partial charge in [0.1, 0.15) is 0 Å². The van der Waals surface area contributed by atoms with Gasteiger partial charge in [-0.15, -0.1) is 0 Å². The van der Waals surface area contributed by atoms with E-state index in [0.717, 1.165) is 29.3 Å². The highest BCUT2D eigenvalue weighted by atomic mass is 16.2. The predicted octanol–water partition coefficient (Wildman–Crippen LogP) is 1.60. The van der Waals surface area contributed by atoms with Crippen molar-refractivity contribution in [3.05, 3.63) is 29.3 Å². The molecule has 2 aliphatic rings. The number of aryl methyl sites for hydroxylation is 2. The Labute approximate surface area is 156 Å². The quantitative estimate of drug-likeness (QED) is 0.749. The molecule has 1 heterocycles. The van der Waals surface area contributed by atoms with E-state index in [4.69, 9.17) is 0 Å². The lowest BCUT2D eigenvalue weighted by Crippen LogP contribution is -3.18. The van der Waals surface area contributed by atoms with Crippen molar-refractivity contribution < 1.29 is 14.5 Å². The Morgan fingerprint density at radius 3 is 2.50 bits per heavy atom. The number of hydrogen-bond donors (Lipinski definition) is 3. The molecule has 1 aliphatic heterocycles. The van der Waals surface area contributed by atoms with Crippen LogP contribution in [0.1, 0.15) is 49.7 Å². The number of para-hydroxylation sites is 1. The minimum Gasteiger partial charge on any atom is -0.342 e. The molecule has 1 unspecified atom stereocenters. The van der Waals surface area contributed by atoms with Crippen molar-refractivity contribution in [2.45, 2.75) is 58.4 Å². The number of carbonyl (C=O) groups is 2. The van der Waals surface area contributed by atoms with Crippen LogP contribution in [0.15, 0.2) is 18.2 Å². The molecule has 1 saturated carbocycles. The number of anilines is 1. The Hall–Kier alpha value is -1.88. The van der Waals surface area contributed by atoms with Crippen molar-refractivity contribution in [1.82, 2.24) is 5.32 Å². The smallest absolute Gasteiger partial charge is 0.275 e. The van der Waals surface area contributed by atoms with Crippen LogP contribution < -0.4 is 15.5 Å². The third kappa shape index (κ3) is 4.64. The maximum absolute atomic E-state index is 12.4. The highest BCUT2D eigenvalue weighted by Crippen LogP contribution is 2.28. The third-order valence-electron chi connectivity index (χ3n) is 6.09. The molecule has 1 saturated heterocycles. The number of carbonyl (C=O) groups excluding carboxylic acids is 2. The Balaban J connectivity index is 1.47. The zero-order chi connectivity index (χ0) is 18.5. The van der Waals surface area contributed by atoms with Gasteiger partial charge in [0.25, 0.3) is 5.91 Å². The van der Waals surface area contributed by atoms with Gasteiger partial charge >= 0.3 is 0 Å². The maximum atomic E-state index is 12.4. The average Bonchev–Trinajstić information content (AvgIpc) is 2.63. The van der Waals surface area contributed by atoms with Crippen LogP contribution in [-0.2, 0) is 9.59 Å². The van der Waals surface area contributed by atoms with Gasteiger partial charge in [-0.1, -0.05) is 24.6 Å². The normalized spacial score (nSPS) is 25.2. The van der Waals surface area contributed by atoms with Gasteiger partial charge in [-0.3, -0.25) is 9.59 Å². The lowest BCUT2D eigenvalue weighted by atomic mass is 9.78. The Bertz CT molecular complexity index is 636. The van der Waals surface area contributed by atoms with Gasteiger partial charge in [-0.2, -0.15) is 0 Å². The van der Waals surface area contributed by atoms with Crippen LogP contribution >= 0.6 is 0 Å². The van der Waals surface area contributed by atoms with Gasteiger partial charge in [-0.05, 0) is 57.1 Å². The second-order valence-electron chi connectivity index (χ2n) is 7.97. The number of nitrogens with one attached hydrogen (secondary N) is 3. The monoisotopic (exact) mass is 358 g/mol. The van der Waals surface area contributed by atoms with Crippen molar-refractivity contribution in [1.29, 1.82) is 0 Å². The summed E-state index contributed by atoms with van der Waals surface area (Å²) in [5.74, 6) is 0.621. The van der Waals surface area contributed by atoms with Crippen molar-refractivity contribution in [3.8, 4) is 0 Å². The Morgan fingerprint density at radius 2 is 1.73 bits per heavy atom. The van der Waals surface area contributed by atoms with Gasteiger partial charge < -0.3 is 15.5 Å². The number of hydrogen-bond acceptors (Lipinski definition) is 2. The summed E-state index contributed by atoms with van der Waals surface area (Å²) in [6, 6.07) is 6.57. The highest BCUT2D eigenvalue weighted by Gasteiger charge is 2.37. The van der Waals surface area contributed by atoms with E-state index in [1.165, 1.54) is 43.4 Å². The fourth-order valence-corrected chi connectivity index (χ4v) is 4.73. The molecule has 0 spiro atoms. The SMILES string of the molecule is Cc1cccc(C)c1NC(=O)CNC(=O)C[NH+]1CCC[C@H]2CCCC[C@@H]21. The van der Waals surface area contributed by atoms with Crippen LogP contribution in [0.5, 0.6) is 0 Å². The molecule has 2 fully saturated rings. The first-order valence-electron chi connectivity index (χ1n) is 10.0. The predicted molar refractivity (Wildman–Crippen MR) is 103 cm³/mol. The summed E-state index contributed by atoms with van der Waals surface area (Å²) in [7, 11) is 0. The summed E-state index contributed by atoms with van der Waals surface area (Å²) in [6.07, 6.45) is 7.77. The van der Waals surface area contributed by atoms with Crippen molar-refractivity contribution in [2.75, 3.05) is 25.0 Å². The van der Waals surface area contributed by atoms with Gasteiger partial charge in [-0.25, -0.2) is 0 Å². The number of piperidine rings is 1. The van der Waals surface area contributed by atoms with Gasteiger partial charge in [0.05, 0.1) is 19.1 Å². The van der Waals surface area contributed by atoms with Gasteiger partial charge in [0.2, 0.25) is 5.91 Å². The molecule has 1 aromatic rings. The highest BCUT2D eigenvalue weighted by molar-refractivity contribution is 5.95. The number of quaternary nitrogens is 1. The van der Waals surface area contributed by atoms with Gasteiger partial charge in [0, 0.05) is 11.6 Å². The van der Waals surface area contributed by atoms with E-state index in [1.54, 1.807) is 0 Å². The van der Waals surface area contributed by atoms with Crippen molar-refractivity contribution in [3.63, 3.8) is 0 Å². The molecule has 3 atom stereocenters. The summed E-state index contributed by atoms with van der Waals surface area (Å²) in [4.78, 5) is 26.0. The fourth-order valence-electron chi connectivity index (χ4n) is 4.73. The maximum Gasteiger partial charge on any atom is 0.275 e. The minimum atomic E-state index is -0.167. The molecule has 3 N–H and O–H groups in total. The first-order chi connectivity index (χ1) is 12.5. The molecule has 2 amide bonds. The van der Waals surface area contributed by atoms with Crippen LogP contribution in [0.2, 0.25) is 0 Å². The van der Waals surface area contributed by atoms with Crippen molar-refractivity contribution >= 4 is 17.5 Å². The molecule has 5 heteroatoms. The number of rotatable bonds is 5. The molecule has 0 bridgehead atoms. The fraction of sp³-hybridized carbons (Fsp3) is 0.619. The Morgan fingerprint density at radius 1 is 1.04 bits per heavy atom. The molecular formula is C21H32N3O2+. The number of benzene rings is 1. The van der Waals surface area contributed by atoms with Crippen LogP contribution in [0, 0.1) is 19.8 Å². The molecule has 0 aromatic heterocycles. The Kier molecular flexibility index (Phi) is 6.30. The summed E-state index contributed by atoms with van der Waals surface area (Å²) in [5, 5.41) is 5.73. The van der Waals surface area contributed by atoms with Gasteiger partial charge in [0.15, 0.2) is 6.54 Å². The number of amides is 2. The lowest BCUT2D eigenvalue weighted by molar-refractivity contribution is -0.928. The molecule has 1 aliphatic carbocycles. The largest absolute Gasteiger partial charge is 0.342 e. The molecule has 142 valence electrons. The van der Waals surface area contributed by atoms with Crippen LogP contribution in [-0.4, -0.2) is 37.5 Å². The second kappa shape index (κ2) is 8.67. The molecule has 3 rings (SSSR count). The van der Waals surface area contributed by atoms with E-state index in [1.807, 2.05) is 32.0 Å².